The molecule has 0 spiro atoms. The molecule has 0 atom stereocenters. The molecule has 3 heterocycles. The molecule has 2 aliphatic heterocycles. The highest BCUT2D eigenvalue weighted by Gasteiger charge is 2.35. The number of rotatable bonds is 7. The van der Waals surface area contributed by atoms with Gasteiger partial charge in [-0.3, -0.25) is 24.2 Å². The van der Waals surface area contributed by atoms with Crippen molar-refractivity contribution in [3.05, 3.63) is 87.1 Å². The van der Waals surface area contributed by atoms with E-state index in [1.165, 1.54) is 9.78 Å². The number of carbonyl (C=O) groups is 3. The van der Waals surface area contributed by atoms with Gasteiger partial charge in [0.05, 0.1) is 29.8 Å². The van der Waals surface area contributed by atoms with Gasteiger partial charge in [-0.05, 0) is 48.2 Å². The molecule has 5 rings (SSSR count). The number of hydrogen-bond donors (Lipinski definition) is 0. The zero-order valence-corrected chi connectivity index (χ0v) is 20.4. The third-order valence-corrected chi connectivity index (χ3v) is 7.27. The molecule has 0 saturated carbocycles. The lowest BCUT2D eigenvalue weighted by atomic mass is 10.1. The Morgan fingerprint density at radius 2 is 1.63 bits per heavy atom. The van der Waals surface area contributed by atoms with E-state index >= 15 is 0 Å². The maximum Gasteiger partial charge on any atom is 0.261 e. The van der Waals surface area contributed by atoms with E-state index in [1.54, 1.807) is 47.7 Å². The van der Waals surface area contributed by atoms with Crippen LogP contribution < -0.4 is 4.74 Å². The van der Waals surface area contributed by atoms with Crippen molar-refractivity contribution in [3.63, 3.8) is 0 Å². The molecule has 8 heteroatoms. The number of amides is 3. The summed E-state index contributed by atoms with van der Waals surface area (Å²) in [6.45, 7) is 6.21. The van der Waals surface area contributed by atoms with Crippen molar-refractivity contribution in [1.29, 1.82) is 0 Å². The first kappa shape index (κ1) is 23.3. The van der Waals surface area contributed by atoms with Crippen molar-refractivity contribution >= 4 is 29.1 Å². The fourth-order valence-electron chi connectivity index (χ4n) is 4.59. The molecule has 1 fully saturated rings. The summed E-state index contributed by atoms with van der Waals surface area (Å²) in [5, 5.41) is 2.08. The monoisotopic (exact) mass is 489 g/mol. The molecule has 3 amide bonds. The van der Waals surface area contributed by atoms with Gasteiger partial charge >= 0.3 is 0 Å². The summed E-state index contributed by atoms with van der Waals surface area (Å²) in [5.41, 5.74) is 2.01. The lowest BCUT2D eigenvalue weighted by Crippen LogP contribution is -2.48. The molecule has 0 radical (unpaired) electrons. The van der Waals surface area contributed by atoms with Crippen molar-refractivity contribution < 1.29 is 19.1 Å². The molecule has 0 unspecified atom stereocenters. The molecular formula is C27H27N3O4S. The summed E-state index contributed by atoms with van der Waals surface area (Å²) < 4.78 is 5.75. The molecule has 0 bridgehead atoms. The molecule has 7 nitrogen and oxygen atoms in total. The summed E-state index contributed by atoms with van der Waals surface area (Å²) in [7, 11) is 0. The Bertz CT molecular complexity index is 1210. The van der Waals surface area contributed by atoms with Crippen molar-refractivity contribution in [2.75, 3.05) is 32.8 Å². The lowest BCUT2D eigenvalue weighted by Gasteiger charge is -2.34. The van der Waals surface area contributed by atoms with Gasteiger partial charge in [0.15, 0.2) is 0 Å². The van der Waals surface area contributed by atoms with E-state index in [0.29, 0.717) is 47.7 Å². The van der Waals surface area contributed by atoms with Gasteiger partial charge in [-0.2, -0.15) is 0 Å². The van der Waals surface area contributed by atoms with Gasteiger partial charge in [0.2, 0.25) is 0 Å². The summed E-state index contributed by atoms with van der Waals surface area (Å²) >= 11 is 1.75. The third kappa shape index (κ3) is 4.72. The molecule has 0 N–H and O–H groups in total. The normalized spacial score (nSPS) is 16.0. The van der Waals surface area contributed by atoms with Crippen molar-refractivity contribution in [2.24, 2.45) is 0 Å². The Labute approximate surface area is 208 Å². The second-order valence-corrected chi connectivity index (χ2v) is 9.69. The summed E-state index contributed by atoms with van der Waals surface area (Å²) in [6, 6.07) is 16.4. The first-order valence-electron chi connectivity index (χ1n) is 11.8. The van der Waals surface area contributed by atoms with Crippen LogP contribution in [-0.2, 0) is 13.1 Å². The van der Waals surface area contributed by atoms with Crippen LogP contribution in [0.2, 0.25) is 0 Å². The second-order valence-electron chi connectivity index (χ2n) is 8.65. The minimum absolute atomic E-state index is 0.0894. The molecule has 35 heavy (non-hydrogen) atoms. The largest absolute Gasteiger partial charge is 0.493 e. The van der Waals surface area contributed by atoms with E-state index in [2.05, 4.69) is 22.4 Å². The Balaban J connectivity index is 1.31. The van der Waals surface area contributed by atoms with E-state index in [0.717, 1.165) is 19.6 Å². The Morgan fingerprint density at radius 3 is 2.26 bits per heavy atom. The van der Waals surface area contributed by atoms with Crippen LogP contribution in [-0.4, -0.2) is 65.2 Å². The lowest BCUT2D eigenvalue weighted by molar-refractivity contribution is 0.0624. The van der Waals surface area contributed by atoms with Crippen LogP contribution >= 0.6 is 11.3 Å². The van der Waals surface area contributed by atoms with Crippen molar-refractivity contribution in [1.82, 2.24) is 14.7 Å². The Kier molecular flexibility index (Phi) is 6.66. The van der Waals surface area contributed by atoms with E-state index in [4.69, 9.17) is 4.74 Å². The number of piperazine rings is 1. The molecular weight excluding hydrogens is 462 g/mol. The number of thiophene rings is 1. The Hall–Kier alpha value is -3.49. The fourth-order valence-corrected chi connectivity index (χ4v) is 5.34. The fraction of sp³-hybridized carbons (Fsp3) is 0.296. The zero-order chi connectivity index (χ0) is 24.4. The SMILES string of the molecule is CCOc1ccc(CN2C(=O)c3ccccc3C2=O)cc1C(=O)N1CCN(Cc2cccs2)CC1. The molecule has 2 aromatic carbocycles. The van der Waals surface area contributed by atoms with Crippen LogP contribution in [0.5, 0.6) is 5.75 Å². The highest BCUT2D eigenvalue weighted by atomic mass is 32.1. The summed E-state index contributed by atoms with van der Waals surface area (Å²) in [6.07, 6.45) is 0. The molecule has 1 saturated heterocycles. The van der Waals surface area contributed by atoms with Crippen LogP contribution in [0.15, 0.2) is 60.0 Å². The molecule has 3 aromatic rings. The van der Waals surface area contributed by atoms with Crippen LogP contribution in [0.25, 0.3) is 0 Å². The van der Waals surface area contributed by atoms with E-state index < -0.39 is 0 Å². The predicted molar refractivity (Wildman–Crippen MR) is 134 cm³/mol. The molecule has 1 aromatic heterocycles. The zero-order valence-electron chi connectivity index (χ0n) is 19.6. The maximum atomic E-state index is 13.5. The standard InChI is InChI=1S/C27H27N3O4S/c1-2-34-24-10-9-19(17-30-26(32)21-7-3-4-8-22(21)27(30)33)16-23(24)25(31)29-13-11-28(12-14-29)18-20-6-5-15-35-20/h3-10,15-16H,2,11-14,17-18H2,1H3. The maximum absolute atomic E-state index is 13.5. The summed E-state index contributed by atoms with van der Waals surface area (Å²) in [5.74, 6) is -0.193. The van der Waals surface area contributed by atoms with Crippen molar-refractivity contribution in [2.45, 2.75) is 20.0 Å². The van der Waals surface area contributed by atoms with Gasteiger partial charge in [0.25, 0.3) is 17.7 Å². The average Bonchev–Trinajstić information content (AvgIpc) is 3.48. The van der Waals surface area contributed by atoms with Gasteiger partial charge in [0, 0.05) is 37.6 Å². The molecule has 2 aliphatic rings. The topological polar surface area (TPSA) is 70.2 Å². The second kappa shape index (κ2) is 10.0. The highest BCUT2D eigenvalue weighted by molar-refractivity contribution is 7.09. The minimum Gasteiger partial charge on any atom is -0.493 e. The molecule has 180 valence electrons. The number of ether oxygens (including phenoxy) is 1. The van der Waals surface area contributed by atoms with Gasteiger partial charge in [0.1, 0.15) is 5.75 Å². The van der Waals surface area contributed by atoms with Gasteiger partial charge < -0.3 is 9.64 Å². The number of imide groups is 1. The van der Waals surface area contributed by atoms with Gasteiger partial charge in [-0.25, -0.2) is 0 Å². The van der Waals surface area contributed by atoms with E-state index in [-0.39, 0.29) is 24.3 Å². The predicted octanol–water partition coefficient (Wildman–Crippen LogP) is 3.90. The van der Waals surface area contributed by atoms with Crippen LogP contribution in [0.3, 0.4) is 0 Å². The smallest absolute Gasteiger partial charge is 0.261 e. The molecule has 0 aliphatic carbocycles. The minimum atomic E-state index is -0.311. The summed E-state index contributed by atoms with van der Waals surface area (Å²) in [4.78, 5) is 45.9. The number of nitrogens with zero attached hydrogens (tertiary/aromatic N) is 3. The number of benzene rings is 2. The average molecular weight is 490 g/mol. The number of hydrogen-bond acceptors (Lipinski definition) is 6. The first-order chi connectivity index (χ1) is 17.0. The van der Waals surface area contributed by atoms with Crippen LogP contribution in [0, 0.1) is 0 Å². The first-order valence-corrected chi connectivity index (χ1v) is 12.7. The van der Waals surface area contributed by atoms with Crippen LogP contribution in [0.4, 0.5) is 0 Å². The van der Waals surface area contributed by atoms with E-state index in [9.17, 15) is 14.4 Å². The Morgan fingerprint density at radius 1 is 0.914 bits per heavy atom. The van der Waals surface area contributed by atoms with Crippen LogP contribution in [0.1, 0.15) is 48.4 Å². The van der Waals surface area contributed by atoms with Gasteiger partial charge in [-0.1, -0.05) is 24.3 Å². The van der Waals surface area contributed by atoms with Gasteiger partial charge in [-0.15, -0.1) is 11.3 Å². The van der Waals surface area contributed by atoms with E-state index in [1.807, 2.05) is 17.9 Å². The third-order valence-electron chi connectivity index (χ3n) is 6.41. The number of carbonyl (C=O) groups excluding carboxylic acids is 3. The van der Waals surface area contributed by atoms with Crippen molar-refractivity contribution in [3.8, 4) is 5.75 Å². The number of fused-ring (bicyclic) bond motifs is 1. The quantitative estimate of drug-likeness (QED) is 0.471. The highest BCUT2D eigenvalue weighted by Crippen LogP contribution is 2.27.